The molecule has 3 rings (SSSR count). The van der Waals surface area contributed by atoms with E-state index < -0.39 is 17.9 Å². The zero-order valence-electron chi connectivity index (χ0n) is 31.0. The molecule has 0 aliphatic rings. The number of rotatable bonds is 9. The molecule has 0 saturated carbocycles. The third-order valence-corrected chi connectivity index (χ3v) is 8.12. The molecule has 0 heterocycles. The molecular formula is C39H60MnO9+8. The molecule has 10 heteroatoms. The molecule has 0 amide bonds. The third kappa shape index (κ3) is 12.1. The Morgan fingerprint density at radius 2 is 0.592 bits per heavy atom. The molecule has 269 valence electrons. The van der Waals surface area contributed by atoms with Crippen molar-refractivity contribution in [2.45, 2.75) is 119 Å². The normalized spacial score (nSPS) is 10.9. The van der Waals surface area contributed by atoms with Crippen LogP contribution in [-0.2, 0) is 17.1 Å². The molecule has 0 saturated heterocycles. The largest absolute Gasteiger partial charge is 2.00 e. The Balaban J connectivity index is 0.000000698. The Morgan fingerprint density at radius 3 is 0.714 bits per heavy atom. The van der Waals surface area contributed by atoms with Gasteiger partial charge in [0.2, 0.25) is 16.7 Å². The average molecular weight is 728 g/mol. The summed E-state index contributed by atoms with van der Waals surface area (Å²) in [4.78, 5) is 27.7. The van der Waals surface area contributed by atoms with Crippen LogP contribution in [0.1, 0.15) is 169 Å². The van der Waals surface area contributed by atoms with Crippen LogP contribution in [0.2, 0.25) is 0 Å². The van der Waals surface area contributed by atoms with Gasteiger partial charge in [-0.05, 0) is 87.1 Å². The molecule has 12 N–H and O–H groups in total. The van der Waals surface area contributed by atoms with E-state index in [0.29, 0.717) is 17.8 Å². The first kappa shape index (κ1) is 45.0. The van der Waals surface area contributed by atoms with Gasteiger partial charge in [0.05, 0.1) is 0 Å². The molecule has 0 spiro atoms. The minimum atomic E-state index is -0.582. The number of benzene rings is 3. The fraction of sp³-hybridized carbons (Fsp3) is 0.462. The maximum atomic E-state index is 9.94. The number of carbonyl (C=O) groups excluding carboxylic acids is 3. The predicted octanol–water partition coefficient (Wildman–Crippen LogP) is 6.64. The number of phenolic OH excluding ortho intramolecular Hbond substituents is 3. The van der Waals surface area contributed by atoms with Crippen LogP contribution >= 0.6 is 0 Å². The summed E-state index contributed by atoms with van der Waals surface area (Å²) < 4.78 is 0. The minimum absolute atomic E-state index is 0. The van der Waals surface area contributed by atoms with Gasteiger partial charge in [0, 0.05) is 0 Å². The van der Waals surface area contributed by atoms with Gasteiger partial charge in [-0.3, -0.25) is 0 Å². The van der Waals surface area contributed by atoms with Crippen molar-refractivity contribution in [1.29, 1.82) is 0 Å². The quantitative estimate of drug-likeness (QED) is 0.165. The Morgan fingerprint density at radius 1 is 0.408 bits per heavy atom. The summed E-state index contributed by atoms with van der Waals surface area (Å²) in [5.41, 5.74) is 6.06. The third-order valence-electron chi connectivity index (χ3n) is 8.12. The van der Waals surface area contributed by atoms with Crippen molar-refractivity contribution in [2.24, 2.45) is 0 Å². The zero-order chi connectivity index (χ0) is 37.4. The number of hydrogen-bond donors (Lipinski definition) is 3. The van der Waals surface area contributed by atoms with E-state index in [9.17, 15) is 29.7 Å². The molecule has 3 aromatic rings. The smallest absolute Gasteiger partial charge is 0.519 e. The maximum Gasteiger partial charge on any atom is 2.00 e. The van der Waals surface area contributed by atoms with Gasteiger partial charge < -0.3 is 30.6 Å². The number of hydrogen-bond acceptors (Lipinski definition) is 3. The second-order valence-corrected chi connectivity index (χ2v) is 14.0. The molecule has 0 atom stereocenters. The van der Waals surface area contributed by atoms with Gasteiger partial charge in [0.25, 0.3) is 0 Å². The van der Waals surface area contributed by atoms with Crippen molar-refractivity contribution in [3.63, 3.8) is 0 Å². The van der Waals surface area contributed by atoms with E-state index in [1.807, 2.05) is 101 Å². The van der Waals surface area contributed by atoms with Crippen molar-refractivity contribution < 1.29 is 62.1 Å². The molecule has 9 nitrogen and oxygen atoms in total. The van der Waals surface area contributed by atoms with Crippen molar-refractivity contribution in [3.05, 3.63) is 86.5 Å². The standard InChI is InChI=1S/3C13H18O3.Mn/c3*1-7(2)9-5-10(8(3)4)12(14)11(6-9)13(15)16;/h3*5-8,14H,1-4H3,(H,15,16);/q;;;+2/p+6. The van der Waals surface area contributed by atoms with Crippen LogP contribution in [0.4, 0.5) is 0 Å². The van der Waals surface area contributed by atoms with Crippen molar-refractivity contribution in [1.82, 2.24) is 0 Å². The number of phenols is 3. The second kappa shape index (κ2) is 19.2. The van der Waals surface area contributed by atoms with Crippen LogP contribution in [0, 0.1) is 0 Å². The fourth-order valence-corrected chi connectivity index (χ4v) is 4.90. The molecule has 0 aliphatic carbocycles. The van der Waals surface area contributed by atoms with Gasteiger partial charge in [-0.15, -0.1) is 0 Å². The van der Waals surface area contributed by atoms with Crippen molar-refractivity contribution in [3.8, 4) is 17.2 Å². The van der Waals surface area contributed by atoms with E-state index >= 15 is 0 Å². The van der Waals surface area contributed by atoms with Gasteiger partial charge in [-0.2, -0.15) is 14.4 Å². The summed E-state index contributed by atoms with van der Waals surface area (Å²) in [5.74, 6) is -0.287. The van der Waals surface area contributed by atoms with Crippen LogP contribution in [0.25, 0.3) is 0 Å². The van der Waals surface area contributed by atoms with Gasteiger partial charge in [-0.1, -0.05) is 101 Å². The monoisotopic (exact) mass is 727 g/mol. The van der Waals surface area contributed by atoms with E-state index in [-0.39, 0.29) is 68.8 Å². The topological polar surface area (TPSA) is 194 Å². The molecule has 0 aromatic heterocycles. The molecule has 0 fully saturated rings. The summed E-state index contributed by atoms with van der Waals surface area (Å²) >= 11 is 0. The van der Waals surface area contributed by atoms with E-state index in [1.54, 1.807) is 18.2 Å². The van der Waals surface area contributed by atoms with Gasteiger partial charge >= 0.3 is 35.0 Å². The van der Waals surface area contributed by atoms with Crippen LogP contribution < -0.4 is 0 Å². The Labute approximate surface area is 301 Å². The first-order valence-corrected chi connectivity index (χ1v) is 16.5. The summed E-state index contributed by atoms with van der Waals surface area (Å²) in [7, 11) is 0. The summed E-state index contributed by atoms with van der Waals surface area (Å²) in [6, 6.07) is 10.8. The molecule has 1 radical (unpaired) electrons. The second-order valence-electron chi connectivity index (χ2n) is 14.0. The van der Waals surface area contributed by atoms with Crippen LogP contribution in [0.3, 0.4) is 0 Å². The molecular weight excluding hydrogens is 667 g/mol. The van der Waals surface area contributed by atoms with Gasteiger partial charge in [0.1, 0.15) is 17.2 Å². The first-order chi connectivity index (χ1) is 22.0. The fourth-order valence-electron chi connectivity index (χ4n) is 4.90. The van der Waals surface area contributed by atoms with E-state index in [2.05, 4.69) is 0 Å². The summed E-state index contributed by atoms with van der Waals surface area (Å²) in [5, 5.41) is 51.5. The zero-order valence-corrected chi connectivity index (χ0v) is 32.2. The van der Waals surface area contributed by atoms with Gasteiger partial charge in [-0.25, -0.2) is 0 Å². The predicted molar refractivity (Wildman–Crippen MR) is 198 cm³/mol. The minimum Gasteiger partial charge on any atom is -0.519 e. The first-order valence-electron chi connectivity index (χ1n) is 16.5. The molecule has 0 aliphatic heterocycles. The Bertz CT molecular complexity index is 1410. The SMILES string of the molecule is CC(C)c1cc(C(=[OH+])[OH2+])c(O)c(C(C)C)c1.CC(C)c1cc(C(=[OH+])[OH2+])c(O)c(C(C)C)c1.CC(C)c1cc(C(=[OH+])[OH2+])c(O)c(C(C)C)c1.[Mn+2]. The molecule has 49 heavy (non-hydrogen) atoms. The molecule has 3 aromatic carbocycles. The summed E-state index contributed by atoms with van der Waals surface area (Å²) in [6.45, 7) is 24.1. The van der Waals surface area contributed by atoms with Crippen molar-refractivity contribution in [2.75, 3.05) is 0 Å². The average Bonchev–Trinajstić information content (AvgIpc) is 2.96. The number of aromatic hydroxyl groups is 3. The van der Waals surface area contributed by atoms with E-state index in [1.165, 1.54) is 0 Å². The Hall–Kier alpha value is -4.01. The molecule has 0 unspecified atom stereocenters. The van der Waals surface area contributed by atoms with E-state index in [0.717, 1.165) is 33.4 Å². The molecule has 0 bridgehead atoms. The Kier molecular flexibility index (Phi) is 17.7. The maximum absolute atomic E-state index is 9.94. The van der Waals surface area contributed by atoms with Crippen LogP contribution in [0.15, 0.2) is 36.4 Å². The van der Waals surface area contributed by atoms with Crippen molar-refractivity contribution >= 4 is 17.9 Å². The van der Waals surface area contributed by atoms with Crippen LogP contribution in [-0.4, -0.2) is 62.9 Å². The summed E-state index contributed by atoms with van der Waals surface area (Å²) in [6.07, 6.45) is 0. The van der Waals surface area contributed by atoms with Crippen LogP contribution in [0.5, 0.6) is 17.2 Å². The van der Waals surface area contributed by atoms with Gasteiger partial charge in [0.15, 0.2) is 0 Å². The van der Waals surface area contributed by atoms with E-state index in [4.69, 9.17) is 15.3 Å².